The Hall–Kier alpha value is -6.21. The van der Waals surface area contributed by atoms with Gasteiger partial charge in [-0.1, -0.05) is 191 Å². The molecule has 9 aromatic carbocycles. The number of benzene rings is 9. The monoisotopic (exact) mass is 822 g/mol. The Balaban J connectivity index is 1.19. The molecule has 0 heterocycles. The van der Waals surface area contributed by atoms with E-state index in [2.05, 4.69) is 245 Å². The van der Waals surface area contributed by atoms with Crippen molar-refractivity contribution in [2.24, 2.45) is 0 Å². The number of rotatable bonds is 8. The molecule has 0 saturated heterocycles. The van der Waals surface area contributed by atoms with E-state index in [1.54, 1.807) is 0 Å². The number of hydrogen-bond acceptors (Lipinski definition) is 2. The molecule has 61 heavy (non-hydrogen) atoms. The van der Waals surface area contributed by atoms with Crippen LogP contribution in [0.25, 0.3) is 43.4 Å². The van der Waals surface area contributed by atoms with E-state index in [0.29, 0.717) is 0 Å². The van der Waals surface area contributed by atoms with Crippen molar-refractivity contribution < 1.29 is 0 Å². The Bertz CT molecular complexity index is 3140. The van der Waals surface area contributed by atoms with E-state index in [-0.39, 0.29) is 5.41 Å². The van der Waals surface area contributed by atoms with Crippen molar-refractivity contribution in [1.82, 2.24) is 0 Å². The Morgan fingerprint density at radius 1 is 0.344 bits per heavy atom. The van der Waals surface area contributed by atoms with Crippen molar-refractivity contribution in [2.45, 2.75) is 58.5 Å². The SMILES string of the molecule is CC1(C)c2cc(N(c3ccccc3)c3ccc([Si](C)(C)C)c4ccccc34)ccc2-c2c1cc(N(c1ccccc1)c1ccc([Si](C)(C)C)c3ccccc13)c1ccccc21. The summed E-state index contributed by atoms with van der Waals surface area (Å²) >= 11 is 0. The molecule has 0 aromatic heterocycles. The molecule has 0 saturated carbocycles. The molecule has 0 fully saturated rings. The third kappa shape index (κ3) is 6.43. The Labute approximate surface area is 363 Å². The Morgan fingerprint density at radius 2 is 0.770 bits per heavy atom. The van der Waals surface area contributed by atoms with Crippen molar-refractivity contribution in [2.75, 3.05) is 9.80 Å². The van der Waals surface area contributed by atoms with E-state index >= 15 is 0 Å². The van der Waals surface area contributed by atoms with Gasteiger partial charge in [0, 0.05) is 38.6 Å². The molecule has 0 atom stereocenters. The molecule has 0 aliphatic heterocycles. The highest BCUT2D eigenvalue weighted by Gasteiger charge is 2.39. The summed E-state index contributed by atoms with van der Waals surface area (Å²) in [5.41, 5.74) is 12.2. The number of anilines is 6. The summed E-state index contributed by atoms with van der Waals surface area (Å²) in [6.07, 6.45) is 0. The second kappa shape index (κ2) is 14.5. The molecule has 10 rings (SSSR count). The molecule has 9 aromatic rings. The van der Waals surface area contributed by atoms with Crippen LogP contribution in [0.2, 0.25) is 39.3 Å². The van der Waals surface area contributed by atoms with Crippen molar-refractivity contribution >= 4 is 93.0 Å². The van der Waals surface area contributed by atoms with Crippen LogP contribution in [0.15, 0.2) is 182 Å². The lowest BCUT2D eigenvalue weighted by molar-refractivity contribution is 0.661. The number of fused-ring (bicyclic) bond motifs is 7. The van der Waals surface area contributed by atoms with Gasteiger partial charge in [0.1, 0.15) is 0 Å². The third-order valence-corrected chi connectivity index (χ3v) is 17.2. The van der Waals surface area contributed by atoms with Crippen LogP contribution in [0.1, 0.15) is 25.0 Å². The highest BCUT2D eigenvalue weighted by Crippen LogP contribution is 2.56. The maximum atomic E-state index is 2.52. The summed E-state index contributed by atoms with van der Waals surface area (Å²) in [7, 11) is -3.23. The van der Waals surface area contributed by atoms with Gasteiger partial charge in [-0.3, -0.25) is 0 Å². The van der Waals surface area contributed by atoms with Crippen LogP contribution in [0.3, 0.4) is 0 Å². The highest BCUT2D eigenvalue weighted by atomic mass is 28.3. The average molecular weight is 823 g/mol. The van der Waals surface area contributed by atoms with Crippen LogP contribution in [0.5, 0.6) is 0 Å². The molecule has 1 aliphatic carbocycles. The van der Waals surface area contributed by atoms with Crippen molar-refractivity contribution in [3.8, 4) is 11.1 Å². The molecule has 0 amide bonds. The normalized spacial score (nSPS) is 13.4. The second-order valence-corrected chi connectivity index (χ2v) is 29.5. The first-order valence-corrected chi connectivity index (χ1v) is 28.8. The smallest absolute Gasteiger partial charge is 0.0784 e. The molecule has 4 heteroatoms. The van der Waals surface area contributed by atoms with E-state index < -0.39 is 16.1 Å². The Kier molecular flexibility index (Phi) is 9.24. The largest absolute Gasteiger partial charge is 0.310 e. The van der Waals surface area contributed by atoms with Gasteiger partial charge in [0.15, 0.2) is 0 Å². The third-order valence-electron chi connectivity index (χ3n) is 13.1. The molecule has 300 valence electrons. The molecule has 1 aliphatic rings. The van der Waals surface area contributed by atoms with Crippen LogP contribution < -0.4 is 20.2 Å². The van der Waals surface area contributed by atoms with E-state index in [1.807, 2.05) is 0 Å². The quantitative estimate of drug-likeness (QED) is 0.141. The fraction of sp³-hybridized carbons (Fsp3) is 0.158. The molecule has 2 nitrogen and oxygen atoms in total. The minimum Gasteiger partial charge on any atom is -0.310 e. The zero-order chi connectivity index (χ0) is 42.3. The summed E-state index contributed by atoms with van der Waals surface area (Å²) in [5, 5.41) is 10.8. The lowest BCUT2D eigenvalue weighted by Gasteiger charge is -2.32. The van der Waals surface area contributed by atoms with Gasteiger partial charge in [-0.05, 0) is 93.0 Å². The fourth-order valence-electron chi connectivity index (χ4n) is 10.1. The summed E-state index contributed by atoms with van der Waals surface area (Å²) in [6.45, 7) is 19.6. The first-order chi connectivity index (χ1) is 29.3. The van der Waals surface area contributed by atoms with E-state index in [1.165, 1.54) is 87.7 Å². The van der Waals surface area contributed by atoms with Crippen LogP contribution in [0.4, 0.5) is 34.1 Å². The summed E-state index contributed by atoms with van der Waals surface area (Å²) < 4.78 is 0. The minimum atomic E-state index is -1.63. The first kappa shape index (κ1) is 39.0. The average Bonchev–Trinajstić information content (AvgIpc) is 3.49. The van der Waals surface area contributed by atoms with Gasteiger partial charge in [-0.2, -0.15) is 0 Å². The van der Waals surface area contributed by atoms with Gasteiger partial charge in [0.05, 0.1) is 33.2 Å². The molecular weight excluding hydrogens is 769 g/mol. The van der Waals surface area contributed by atoms with E-state index in [0.717, 1.165) is 11.4 Å². The Morgan fingerprint density at radius 3 is 1.28 bits per heavy atom. The van der Waals surface area contributed by atoms with E-state index in [4.69, 9.17) is 0 Å². The second-order valence-electron chi connectivity index (χ2n) is 19.4. The summed E-state index contributed by atoms with van der Waals surface area (Å²) in [6, 6.07) is 68.3. The van der Waals surface area contributed by atoms with Crippen LogP contribution in [-0.4, -0.2) is 16.1 Å². The van der Waals surface area contributed by atoms with Crippen LogP contribution in [0, 0.1) is 0 Å². The predicted molar refractivity (Wildman–Crippen MR) is 272 cm³/mol. The van der Waals surface area contributed by atoms with Crippen molar-refractivity contribution in [3.63, 3.8) is 0 Å². The van der Waals surface area contributed by atoms with Crippen molar-refractivity contribution in [3.05, 3.63) is 193 Å². The van der Waals surface area contributed by atoms with Gasteiger partial charge < -0.3 is 9.80 Å². The van der Waals surface area contributed by atoms with Crippen LogP contribution in [-0.2, 0) is 5.41 Å². The summed E-state index contributed by atoms with van der Waals surface area (Å²) in [4.78, 5) is 5.00. The highest BCUT2D eigenvalue weighted by molar-refractivity contribution is 6.91. The van der Waals surface area contributed by atoms with Crippen LogP contribution >= 0.6 is 0 Å². The number of hydrogen-bond donors (Lipinski definition) is 0. The lowest BCUT2D eigenvalue weighted by atomic mass is 9.81. The minimum absolute atomic E-state index is 0.280. The zero-order valence-corrected chi connectivity index (χ0v) is 38.7. The lowest BCUT2D eigenvalue weighted by Crippen LogP contribution is -2.38. The first-order valence-electron chi connectivity index (χ1n) is 21.8. The summed E-state index contributed by atoms with van der Waals surface area (Å²) in [5.74, 6) is 0. The molecule has 0 bridgehead atoms. The topological polar surface area (TPSA) is 6.48 Å². The van der Waals surface area contributed by atoms with Gasteiger partial charge in [0.25, 0.3) is 0 Å². The maximum absolute atomic E-state index is 2.52. The zero-order valence-electron chi connectivity index (χ0n) is 36.7. The molecule has 0 radical (unpaired) electrons. The number of para-hydroxylation sites is 2. The maximum Gasteiger partial charge on any atom is 0.0784 e. The molecule has 0 spiro atoms. The van der Waals surface area contributed by atoms with Gasteiger partial charge in [-0.15, -0.1) is 0 Å². The van der Waals surface area contributed by atoms with Gasteiger partial charge in [-0.25, -0.2) is 0 Å². The van der Waals surface area contributed by atoms with Gasteiger partial charge in [0.2, 0.25) is 0 Å². The van der Waals surface area contributed by atoms with E-state index in [9.17, 15) is 0 Å². The predicted octanol–water partition coefficient (Wildman–Crippen LogP) is 15.5. The standard InChI is InChI=1S/C57H54N2Si2/c1-57(2)49-37-41(58(39-21-11-9-12-22-39)51-33-35-54(60(3,4)5)45-28-18-15-25-42(45)51)31-32-48(49)56-47-30-20-17-27-44(47)53(38-50(56)57)59(40-23-13-10-14-24-40)52-34-36-55(61(6,7)8)46-29-19-16-26-43(46)52/h9-38H,1-8H3. The fourth-order valence-corrected chi connectivity index (χ4v) is 13.3. The molecule has 0 unspecified atom stereocenters. The van der Waals surface area contributed by atoms with Crippen molar-refractivity contribution in [1.29, 1.82) is 0 Å². The van der Waals surface area contributed by atoms with Gasteiger partial charge >= 0.3 is 0 Å². The number of nitrogens with zero attached hydrogens (tertiary/aromatic N) is 2. The molecule has 0 N–H and O–H groups in total. The molecular formula is C57H54N2Si2.